The quantitative estimate of drug-likeness (QED) is 0.728. The highest BCUT2D eigenvalue weighted by molar-refractivity contribution is 7.71. The van der Waals surface area contributed by atoms with Crippen LogP contribution in [0.4, 0.5) is 0 Å². The summed E-state index contributed by atoms with van der Waals surface area (Å²) in [4.78, 5) is 2.77. The van der Waals surface area contributed by atoms with Crippen molar-refractivity contribution in [3.05, 3.63) is 29.1 Å². The number of rotatable bonds is 7. The molecule has 0 bridgehead atoms. The minimum atomic E-state index is 0.403. The molecule has 118 valence electrons. The van der Waals surface area contributed by atoms with Gasteiger partial charge in [-0.25, -0.2) is 4.68 Å². The third-order valence-corrected chi connectivity index (χ3v) is 4.10. The van der Waals surface area contributed by atoms with Gasteiger partial charge in [0.2, 0.25) is 0 Å². The molecule has 0 aliphatic heterocycles. The van der Waals surface area contributed by atoms with Crippen molar-refractivity contribution in [1.29, 1.82) is 0 Å². The molecule has 1 aromatic heterocycles. The Labute approximate surface area is 135 Å². The van der Waals surface area contributed by atoms with Gasteiger partial charge in [-0.2, -0.15) is 0 Å². The summed E-state index contributed by atoms with van der Waals surface area (Å²) in [6, 6.07) is 8.40. The van der Waals surface area contributed by atoms with Crippen LogP contribution in [0.25, 0.3) is 11.5 Å². The molecule has 0 N–H and O–H groups in total. The summed E-state index contributed by atoms with van der Waals surface area (Å²) >= 11 is 5.32. The summed E-state index contributed by atoms with van der Waals surface area (Å²) < 4.78 is 13.1. The van der Waals surface area contributed by atoms with Crippen molar-refractivity contribution in [2.24, 2.45) is 0 Å². The molecule has 0 spiro atoms. The third kappa shape index (κ3) is 3.23. The molecule has 1 aliphatic carbocycles. The number of hydrogen-bond donors (Lipinski definition) is 0. The molecule has 0 saturated heterocycles. The minimum absolute atomic E-state index is 0.403. The van der Waals surface area contributed by atoms with Gasteiger partial charge in [-0.15, -0.1) is 5.10 Å². The zero-order valence-electron chi connectivity index (χ0n) is 13.0. The van der Waals surface area contributed by atoms with E-state index in [1.807, 2.05) is 31.2 Å². The van der Waals surface area contributed by atoms with E-state index in [0.717, 1.165) is 17.9 Å². The first-order valence-corrected chi connectivity index (χ1v) is 8.18. The lowest BCUT2D eigenvalue weighted by Gasteiger charge is -2.18. The second-order valence-corrected chi connectivity index (χ2v) is 5.73. The van der Waals surface area contributed by atoms with Crippen molar-refractivity contribution in [3.63, 3.8) is 0 Å². The maximum absolute atomic E-state index is 5.69. The fraction of sp³-hybridized carbons (Fsp3) is 0.500. The van der Waals surface area contributed by atoms with Gasteiger partial charge >= 0.3 is 0 Å². The van der Waals surface area contributed by atoms with Crippen LogP contribution in [-0.2, 0) is 6.67 Å². The molecular formula is C16H21N3O2S. The fourth-order valence-electron chi connectivity index (χ4n) is 2.51. The van der Waals surface area contributed by atoms with Gasteiger partial charge in [-0.3, -0.25) is 4.90 Å². The number of hydrogen-bond acceptors (Lipinski definition) is 5. The van der Waals surface area contributed by atoms with Crippen LogP contribution >= 0.6 is 12.2 Å². The predicted molar refractivity (Wildman–Crippen MR) is 87.3 cm³/mol. The highest BCUT2D eigenvalue weighted by atomic mass is 32.1. The van der Waals surface area contributed by atoms with Crippen molar-refractivity contribution in [3.8, 4) is 17.2 Å². The lowest BCUT2D eigenvalue weighted by molar-refractivity contribution is 0.203. The molecule has 0 radical (unpaired) electrons. The second-order valence-electron chi connectivity index (χ2n) is 5.38. The van der Waals surface area contributed by atoms with E-state index >= 15 is 0 Å². The average Bonchev–Trinajstić information content (AvgIpc) is 3.30. The van der Waals surface area contributed by atoms with E-state index in [0.29, 0.717) is 30.0 Å². The first-order valence-electron chi connectivity index (χ1n) is 7.77. The molecule has 5 nitrogen and oxygen atoms in total. The summed E-state index contributed by atoms with van der Waals surface area (Å²) in [6.07, 6.45) is 2.53. The Balaban J connectivity index is 1.87. The zero-order chi connectivity index (χ0) is 15.5. The summed E-state index contributed by atoms with van der Waals surface area (Å²) in [7, 11) is 0. The lowest BCUT2D eigenvalue weighted by Crippen LogP contribution is -2.28. The average molecular weight is 319 g/mol. The van der Waals surface area contributed by atoms with Gasteiger partial charge in [0, 0.05) is 6.04 Å². The van der Waals surface area contributed by atoms with Crippen LogP contribution in [0.1, 0.15) is 26.7 Å². The van der Waals surface area contributed by atoms with Gasteiger partial charge in [-0.05, 0) is 50.7 Å². The van der Waals surface area contributed by atoms with Gasteiger partial charge in [0.1, 0.15) is 5.75 Å². The number of aromatic nitrogens is 2. The number of benzene rings is 1. The zero-order valence-corrected chi connectivity index (χ0v) is 13.8. The molecule has 2 aromatic rings. The van der Waals surface area contributed by atoms with Crippen molar-refractivity contribution in [2.75, 3.05) is 13.2 Å². The molecule has 3 rings (SSSR count). The lowest BCUT2D eigenvalue weighted by atomic mass is 10.2. The Morgan fingerprint density at radius 2 is 2.14 bits per heavy atom. The maximum Gasteiger partial charge on any atom is 0.288 e. The highest BCUT2D eigenvalue weighted by Crippen LogP contribution is 2.30. The van der Waals surface area contributed by atoms with Crippen LogP contribution in [0.5, 0.6) is 5.75 Å². The normalized spacial score (nSPS) is 14.5. The van der Waals surface area contributed by atoms with Gasteiger partial charge in [0.15, 0.2) is 0 Å². The van der Waals surface area contributed by atoms with Crippen LogP contribution in [-0.4, -0.2) is 33.9 Å². The Morgan fingerprint density at radius 3 is 2.82 bits per heavy atom. The first kappa shape index (κ1) is 15.2. The molecule has 1 aromatic carbocycles. The molecule has 1 fully saturated rings. The summed E-state index contributed by atoms with van der Waals surface area (Å²) in [6.45, 7) is 6.39. The molecule has 1 saturated carbocycles. The Hall–Kier alpha value is -1.66. The molecule has 0 unspecified atom stereocenters. The molecule has 1 heterocycles. The molecule has 0 atom stereocenters. The number of para-hydroxylation sites is 1. The summed E-state index contributed by atoms with van der Waals surface area (Å²) in [5.74, 6) is 1.28. The van der Waals surface area contributed by atoms with E-state index in [1.54, 1.807) is 4.68 Å². The second kappa shape index (κ2) is 6.62. The molecule has 6 heteroatoms. The monoisotopic (exact) mass is 319 g/mol. The van der Waals surface area contributed by atoms with Crippen molar-refractivity contribution >= 4 is 12.2 Å². The standard InChI is InChI=1S/C16H21N3O2S/c1-3-18(12-9-10-12)11-19-16(22)21-15(17-19)13-7-5-6-8-14(13)20-4-2/h5-8,12H,3-4,9-11H2,1-2H3. The SMILES string of the molecule is CCOc1ccccc1-c1nn(CN(CC)C2CC2)c(=S)o1. The Kier molecular flexibility index (Phi) is 4.59. The van der Waals surface area contributed by atoms with E-state index in [-0.39, 0.29) is 0 Å². The molecular weight excluding hydrogens is 298 g/mol. The smallest absolute Gasteiger partial charge is 0.288 e. The van der Waals surface area contributed by atoms with Gasteiger partial charge < -0.3 is 9.15 Å². The van der Waals surface area contributed by atoms with Crippen LogP contribution in [0.3, 0.4) is 0 Å². The van der Waals surface area contributed by atoms with Gasteiger partial charge in [-0.1, -0.05) is 19.1 Å². The predicted octanol–water partition coefficient (Wildman–Crippen LogP) is 3.71. The molecule has 22 heavy (non-hydrogen) atoms. The van der Waals surface area contributed by atoms with Crippen LogP contribution in [0.2, 0.25) is 0 Å². The first-order chi connectivity index (χ1) is 10.7. The van der Waals surface area contributed by atoms with Crippen LogP contribution in [0.15, 0.2) is 28.7 Å². The summed E-state index contributed by atoms with van der Waals surface area (Å²) in [5, 5.41) is 4.55. The van der Waals surface area contributed by atoms with E-state index in [2.05, 4.69) is 16.9 Å². The highest BCUT2D eigenvalue weighted by Gasteiger charge is 2.28. The maximum atomic E-state index is 5.69. The Morgan fingerprint density at radius 1 is 1.36 bits per heavy atom. The molecule has 0 amide bonds. The van der Waals surface area contributed by atoms with E-state index in [4.69, 9.17) is 21.4 Å². The van der Waals surface area contributed by atoms with E-state index < -0.39 is 0 Å². The van der Waals surface area contributed by atoms with Crippen LogP contribution in [0, 0.1) is 4.84 Å². The van der Waals surface area contributed by atoms with Crippen molar-refractivity contribution < 1.29 is 9.15 Å². The summed E-state index contributed by atoms with van der Waals surface area (Å²) in [5.41, 5.74) is 0.837. The largest absolute Gasteiger partial charge is 0.493 e. The number of nitrogens with zero attached hydrogens (tertiary/aromatic N) is 3. The van der Waals surface area contributed by atoms with E-state index in [1.165, 1.54) is 12.8 Å². The Bertz CT molecular complexity index is 691. The van der Waals surface area contributed by atoms with Crippen molar-refractivity contribution in [2.45, 2.75) is 39.4 Å². The van der Waals surface area contributed by atoms with E-state index in [9.17, 15) is 0 Å². The topological polar surface area (TPSA) is 43.4 Å². The van der Waals surface area contributed by atoms with Gasteiger partial charge in [0.25, 0.3) is 10.7 Å². The third-order valence-electron chi connectivity index (χ3n) is 3.81. The fourth-order valence-corrected chi connectivity index (χ4v) is 2.69. The van der Waals surface area contributed by atoms with Crippen LogP contribution < -0.4 is 4.74 Å². The van der Waals surface area contributed by atoms with Gasteiger partial charge in [0.05, 0.1) is 18.8 Å². The number of ether oxygens (including phenoxy) is 1. The van der Waals surface area contributed by atoms with Crippen molar-refractivity contribution in [1.82, 2.24) is 14.7 Å². The molecule has 1 aliphatic rings. The minimum Gasteiger partial charge on any atom is -0.493 e.